The minimum Gasteiger partial charge on any atom is -0.300 e. The second-order valence-electron chi connectivity index (χ2n) is 5.19. The molecule has 1 heteroatoms. The van der Waals surface area contributed by atoms with E-state index in [2.05, 4.69) is 37.0 Å². The maximum Gasteiger partial charge on any atom is 0.129 e. The highest BCUT2D eigenvalue weighted by atomic mass is 16.1. The van der Waals surface area contributed by atoms with Gasteiger partial charge in [0.25, 0.3) is 0 Å². The summed E-state index contributed by atoms with van der Waals surface area (Å²) in [4.78, 5) is 10.7. The van der Waals surface area contributed by atoms with Crippen LogP contribution in [0.4, 0.5) is 0 Å². The summed E-state index contributed by atoms with van der Waals surface area (Å²) >= 11 is 0. The van der Waals surface area contributed by atoms with Crippen LogP contribution in [0.15, 0.2) is 24.3 Å². The van der Waals surface area contributed by atoms with Crippen LogP contribution in [0.3, 0.4) is 0 Å². The third-order valence-corrected chi connectivity index (χ3v) is 3.05. The zero-order valence-corrected chi connectivity index (χ0v) is 13.3. The summed E-state index contributed by atoms with van der Waals surface area (Å²) in [5, 5.41) is 0. The summed E-state index contributed by atoms with van der Waals surface area (Å²) < 4.78 is 0. The van der Waals surface area contributed by atoms with Crippen LogP contribution >= 0.6 is 0 Å². The summed E-state index contributed by atoms with van der Waals surface area (Å²) in [6.45, 7) is 3.89. The Morgan fingerprint density at radius 1 is 1.00 bits per heavy atom. The van der Waals surface area contributed by atoms with Crippen molar-refractivity contribution in [3.8, 4) is 11.8 Å². The van der Waals surface area contributed by atoms with Crippen LogP contribution in [-0.4, -0.2) is 5.78 Å². The Morgan fingerprint density at radius 2 is 1.85 bits per heavy atom. The van der Waals surface area contributed by atoms with Crippen LogP contribution in [0.2, 0.25) is 0 Å². The van der Waals surface area contributed by atoms with Crippen molar-refractivity contribution in [2.75, 3.05) is 0 Å². The molecule has 0 atom stereocenters. The van der Waals surface area contributed by atoms with Crippen LogP contribution in [0.1, 0.15) is 78.1 Å². The molecule has 0 aliphatic heterocycles. The summed E-state index contributed by atoms with van der Waals surface area (Å²) in [7, 11) is 0. The first-order chi connectivity index (χ1) is 9.77. The van der Waals surface area contributed by atoms with Crippen molar-refractivity contribution in [2.24, 2.45) is 0 Å². The lowest BCUT2D eigenvalue weighted by Crippen LogP contribution is -1.88. The Hall–Kier alpha value is -1.29. The number of hydrogen-bond donors (Lipinski definition) is 0. The lowest BCUT2D eigenvalue weighted by molar-refractivity contribution is -0.117. The van der Waals surface area contributed by atoms with Gasteiger partial charge < -0.3 is 4.79 Å². The number of rotatable bonds is 11. The molecule has 0 saturated carbocycles. The van der Waals surface area contributed by atoms with Crippen molar-refractivity contribution in [1.82, 2.24) is 0 Å². The van der Waals surface area contributed by atoms with Crippen LogP contribution in [0.25, 0.3) is 0 Å². The SMILES string of the molecule is CCCCCCC#C/C=C\C/C=C\CCCCC(C)=O. The zero-order valence-electron chi connectivity index (χ0n) is 13.3. The topological polar surface area (TPSA) is 17.1 Å². The van der Waals surface area contributed by atoms with E-state index in [0.29, 0.717) is 5.78 Å². The lowest BCUT2D eigenvalue weighted by Gasteiger charge is -1.93. The van der Waals surface area contributed by atoms with E-state index in [9.17, 15) is 4.79 Å². The minimum absolute atomic E-state index is 0.296. The maximum atomic E-state index is 10.7. The van der Waals surface area contributed by atoms with Gasteiger partial charge in [0, 0.05) is 12.8 Å². The second-order valence-corrected chi connectivity index (χ2v) is 5.19. The Morgan fingerprint density at radius 3 is 2.60 bits per heavy atom. The molecule has 0 heterocycles. The monoisotopic (exact) mass is 274 g/mol. The molecule has 1 nitrogen and oxygen atoms in total. The van der Waals surface area contributed by atoms with Gasteiger partial charge in [0.1, 0.15) is 5.78 Å². The van der Waals surface area contributed by atoms with Crippen molar-refractivity contribution in [1.29, 1.82) is 0 Å². The highest BCUT2D eigenvalue weighted by Gasteiger charge is 1.91. The molecule has 0 radical (unpaired) electrons. The number of unbranched alkanes of at least 4 members (excludes halogenated alkanes) is 6. The van der Waals surface area contributed by atoms with Gasteiger partial charge in [-0.25, -0.2) is 0 Å². The van der Waals surface area contributed by atoms with Crippen LogP contribution in [0.5, 0.6) is 0 Å². The predicted octanol–water partition coefficient (Wildman–Crippen LogP) is 5.61. The predicted molar refractivity (Wildman–Crippen MR) is 88.6 cm³/mol. The molecule has 0 aromatic rings. The van der Waals surface area contributed by atoms with Crippen molar-refractivity contribution in [3.63, 3.8) is 0 Å². The van der Waals surface area contributed by atoms with E-state index in [-0.39, 0.29) is 0 Å². The molecular weight excluding hydrogens is 244 g/mol. The van der Waals surface area contributed by atoms with Gasteiger partial charge in [-0.15, -0.1) is 0 Å². The third kappa shape index (κ3) is 16.7. The average Bonchev–Trinajstić information content (AvgIpc) is 2.43. The summed E-state index contributed by atoms with van der Waals surface area (Å²) in [6, 6.07) is 0. The molecule has 0 aromatic heterocycles. The minimum atomic E-state index is 0.296. The normalized spacial score (nSPS) is 10.9. The molecule has 112 valence electrons. The molecule has 20 heavy (non-hydrogen) atoms. The second kappa shape index (κ2) is 15.8. The Labute approximate surface area is 125 Å². The molecule has 0 aromatic carbocycles. The molecule has 0 N–H and O–H groups in total. The van der Waals surface area contributed by atoms with Gasteiger partial charge in [0.05, 0.1) is 0 Å². The van der Waals surface area contributed by atoms with Gasteiger partial charge in [-0.05, 0) is 45.1 Å². The molecule has 0 unspecified atom stereocenters. The van der Waals surface area contributed by atoms with E-state index in [0.717, 1.165) is 38.5 Å². The Bertz CT molecular complexity index is 339. The number of hydrogen-bond acceptors (Lipinski definition) is 1. The van der Waals surface area contributed by atoms with E-state index < -0.39 is 0 Å². The fourth-order valence-corrected chi connectivity index (χ4v) is 1.83. The van der Waals surface area contributed by atoms with Gasteiger partial charge in [-0.2, -0.15) is 0 Å². The largest absolute Gasteiger partial charge is 0.300 e. The first-order valence-corrected chi connectivity index (χ1v) is 8.05. The van der Waals surface area contributed by atoms with E-state index in [1.54, 1.807) is 6.92 Å². The summed E-state index contributed by atoms with van der Waals surface area (Å²) in [5.74, 6) is 6.56. The zero-order chi connectivity index (χ0) is 14.9. The Kier molecular flexibility index (Phi) is 14.7. The van der Waals surface area contributed by atoms with E-state index in [1.165, 1.54) is 25.7 Å². The van der Waals surface area contributed by atoms with Crippen molar-refractivity contribution >= 4 is 5.78 Å². The highest BCUT2D eigenvalue weighted by molar-refractivity contribution is 5.75. The Balaban J connectivity index is 3.38. The quantitative estimate of drug-likeness (QED) is 0.272. The average molecular weight is 274 g/mol. The van der Waals surface area contributed by atoms with Gasteiger partial charge >= 0.3 is 0 Å². The fourth-order valence-electron chi connectivity index (χ4n) is 1.83. The molecule has 0 saturated heterocycles. The standard InChI is InChI=1S/C19H30O/c1-3-4-5-6-7-8-9-10-11-12-13-14-15-16-17-18-19(2)20/h10-11,13-14H,3-7,12,15-18H2,1-2H3/b11-10-,14-13-. The number of carbonyl (C=O) groups excluding carboxylic acids is 1. The van der Waals surface area contributed by atoms with Crippen LogP contribution < -0.4 is 0 Å². The number of allylic oxidation sites excluding steroid dienone is 4. The molecule has 0 spiro atoms. The van der Waals surface area contributed by atoms with E-state index >= 15 is 0 Å². The molecule has 0 rings (SSSR count). The van der Waals surface area contributed by atoms with Gasteiger partial charge in [-0.1, -0.05) is 56.3 Å². The van der Waals surface area contributed by atoms with Crippen LogP contribution in [-0.2, 0) is 4.79 Å². The lowest BCUT2D eigenvalue weighted by atomic mass is 10.1. The number of ketones is 1. The first-order valence-electron chi connectivity index (χ1n) is 8.05. The van der Waals surface area contributed by atoms with Gasteiger partial charge in [0.15, 0.2) is 0 Å². The maximum absolute atomic E-state index is 10.7. The molecular formula is C19H30O. The van der Waals surface area contributed by atoms with Gasteiger partial charge in [-0.3, -0.25) is 0 Å². The first kappa shape index (κ1) is 18.7. The third-order valence-electron chi connectivity index (χ3n) is 3.05. The molecule has 0 amide bonds. The van der Waals surface area contributed by atoms with Crippen LogP contribution in [0, 0.1) is 11.8 Å². The summed E-state index contributed by atoms with van der Waals surface area (Å²) in [5.41, 5.74) is 0. The van der Waals surface area contributed by atoms with Crippen molar-refractivity contribution < 1.29 is 4.79 Å². The fraction of sp³-hybridized carbons (Fsp3) is 0.632. The number of carbonyl (C=O) groups is 1. The summed E-state index contributed by atoms with van der Waals surface area (Å²) in [6.07, 6.45) is 19.5. The molecule has 0 aliphatic rings. The van der Waals surface area contributed by atoms with Crippen molar-refractivity contribution in [3.05, 3.63) is 24.3 Å². The van der Waals surface area contributed by atoms with Gasteiger partial charge in [0.2, 0.25) is 0 Å². The van der Waals surface area contributed by atoms with E-state index in [4.69, 9.17) is 0 Å². The highest BCUT2D eigenvalue weighted by Crippen LogP contribution is 2.02. The van der Waals surface area contributed by atoms with E-state index in [1.807, 2.05) is 6.08 Å². The molecule has 0 bridgehead atoms. The molecule has 0 fully saturated rings. The van der Waals surface area contributed by atoms with Crippen molar-refractivity contribution in [2.45, 2.75) is 78.1 Å². The number of Topliss-reactive ketones (excluding diaryl/α,β-unsaturated/α-hetero) is 1. The molecule has 0 aliphatic carbocycles. The smallest absolute Gasteiger partial charge is 0.129 e.